The van der Waals surface area contributed by atoms with Crippen molar-refractivity contribution < 1.29 is 0 Å². The Morgan fingerprint density at radius 1 is 1.00 bits per heavy atom. The number of anilines is 2. The highest BCUT2D eigenvalue weighted by atomic mass is 15.1. The molecule has 3 N–H and O–H groups in total. The molecule has 7 rings (SSSR count). The maximum absolute atomic E-state index is 5.02. The van der Waals surface area contributed by atoms with E-state index in [1.165, 1.54) is 43.2 Å². The van der Waals surface area contributed by atoms with Crippen LogP contribution in [0, 0.1) is 5.92 Å². The lowest BCUT2D eigenvalue weighted by atomic mass is 10.1. The number of aromatic nitrogens is 5. The topological polar surface area (TPSA) is 85.5 Å². The van der Waals surface area contributed by atoms with Gasteiger partial charge >= 0.3 is 0 Å². The maximum Gasteiger partial charge on any atom is 0.135 e. The highest BCUT2D eigenvalue weighted by molar-refractivity contribution is 5.99. The number of hydrogen-bond donors (Lipinski definition) is 3. The van der Waals surface area contributed by atoms with Gasteiger partial charge < -0.3 is 15.2 Å². The number of piperidine rings is 1. The van der Waals surface area contributed by atoms with E-state index < -0.39 is 0 Å². The third-order valence-corrected chi connectivity index (χ3v) is 7.41. The molecule has 1 aromatic carbocycles. The minimum Gasteiger partial charge on any atom is -0.371 e. The van der Waals surface area contributed by atoms with Gasteiger partial charge in [0.05, 0.1) is 28.8 Å². The molecule has 1 aliphatic carbocycles. The van der Waals surface area contributed by atoms with Crippen LogP contribution >= 0.6 is 0 Å². The van der Waals surface area contributed by atoms with Crippen LogP contribution in [0.2, 0.25) is 0 Å². The van der Waals surface area contributed by atoms with Crippen LogP contribution in [0.25, 0.3) is 44.6 Å². The fourth-order valence-corrected chi connectivity index (χ4v) is 5.29. The molecule has 1 saturated carbocycles. The largest absolute Gasteiger partial charge is 0.371 e. The number of hydrogen-bond acceptors (Lipinski definition) is 5. The van der Waals surface area contributed by atoms with Crippen molar-refractivity contribution >= 4 is 33.3 Å². The molecule has 0 unspecified atom stereocenters. The normalized spacial score (nSPS) is 16.1. The van der Waals surface area contributed by atoms with Crippen molar-refractivity contribution in [2.45, 2.75) is 32.1 Å². The highest BCUT2D eigenvalue weighted by Gasteiger charge is 2.24. The Bertz CT molecular complexity index is 1580. The van der Waals surface area contributed by atoms with Gasteiger partial charge in [0, 0.05) is 47.1 Å². The van der Waals surface area contributed by atoms with Crippen molar-refractivity contribution in [2.24, 2.45) is 5.92 Å². The monoisotopic (exact) mass is 475 g/mol. The van der Waals surface area contributed by atoms with E-state index in [9.17, 15) is 0 Å². The molecular weight excluding hydrogens is 446 g/mol. The summed E-state index contributed by atoms with van der Waals surface area (Å²) in [5, 5.41) is 12.5. The van der Waals surface area contributed by atoms with E-state index in [0.717, 1.165) is 63.7 Å². The van der Waals surface area contributed by atoms with Crippen molar-refractivity contribution in [3.63, 3.8) is 0 Å². The molecule has 7 heteroatoms. The van der Waals surface area contributed by atoms with Crippen LogP contribution < -0.4 is 10.2 Å². The number of allylic oxidation sites excluding steroid dienone is 1. The van der Waals surface area contributed by atoms with Gasteiger partial charge in [-0.05, 0) is 74.4 Å². The third kappa shape index (κ3) is 3.81. The van der Waals surface area contributed by atoms with E-state index in [0.29, 0.717) is 5.92 Å². The quantitative estimate of drug-likeness (QED) is 0.261. The molecule has 0 bridgehead atoms. The molecule has 0 spiro atoms. The van der Waals surface area contributed by atoms with Crippen molar-refractivity contribution in [1.29, 1.82) is 0 Å². The van der Waals surface area contributed by atoms with E-state index in [1.54, 1.807) is 0 Å². The molecule has 1 saturated heterocycles. The number of nitrogens with zero attached hydrogens (tertiary/aromatic N) is 4. The van der Waals surface area contributed by atoms with Crippen LogP contribution in [0.3, 0.4) is 0 Å². The van der Waals surface area contributed by atoms with Crippen LogP contribution in [0.1, 0.15) is 32.1 Å². The van der Waals surface area contributed by atoms with E-state index in [-0.39, 0.29) is 0 Å². The Hall–Kier alpha value is -4.13. The standard InChI is InChI=1S/C29H29N7/c1-18(19-8-9-19)31-21-14-20(16-30-17-21)23-10-11-25-28(33-23)29(35-34-25)26-15-22-24(32-26)6-5-7-27(22)36-12-3-2-4-13-36/h5-7,10-11,14-17,19,31-32H,1-4,8-9,12-13H2,(H,34,35). The van der Waals surface area contributed by atoms with Crippen LogP contribution in [-0.2, 0) is 0 Å². The first-order valence-corrected chi connectivity index (χ1v) is 12.9. The van der Waals surface area contributed by atoms with Gasteiger partial charge in [-0.2, -0.15) is 5.10 Å². The molecule has 36 heavy (non-hydrogen) atoms. The molecule has 7 nitrogen and oxygen atoms in total. The molecule has 2 aliphatic rings. The summed E-state index contributed by atoms with van der Waals surface area (Å²) in [6, 6.07) is 14.9. The van der Waals surface area contributed by atoms with Gasteiger partial charge in [0.25, 0.3) is 0 Å². The summed E-state index contributed by atoms with van der Waals surface area (Å²) in [6.07, 6.45) is 9.95. The molecule has 5 aromatic rings. The van der Waals surface area contributed by atoms with E-state index in [4.69, 9.17) is 4.98 Å². The fraction of sp³-hybridized carbons (Fsp3) is 0.276. The third-order valence-electron chi connectivity index (χ3n) is 7.41. The zero-order valence-corrected chi connectivity index (χ0v) is 20.2. The van der Waals surface area contributed by atoms with Crippen molar-refractivity contribution in [1.82, 2.24) is 25.1 Å². The van der Waals surface area contributed by atoms with E-state index in [1.807, 2.05) is 24.5 Å². The number of rotatable bonds is 6. The van der Waals surface area contributed by atoms with Crippen LogP contribution in [0.15, 0.2) is 67.1 Å². The van der Waals surface area contributed by atoms with Gasteiger partial charge in [-0.3, -0.25) is 10.1 Å². The summed E-state index contributed by atoms with van der Waals surface area (Å²) in [7, 11) is 0. The number of benzene rings is 1. The Morgan fingerprint density at radius 2 is 1.89 bits per heavy atom. The molecule has 0 atom stereocenters. The Morgan fingerprint density at radius 3 is 2.75 bits per heavy atom. The van der Waals surface area contributed by atoms with Gasteiger partial charge in [-0.15, -0.1) is 0 Å². The Labute approximate surface area is 209 Å². The molecular formula is C29H29N7. The van der Waals surface area contributed by atoms with Gasteiger partial charge in [0.15, 0.2) is 0 Å². The number of fused-ring (bicyclic) bond motifs is 2. The Balaban J connectivity index is 1.25. The molecule has 2 fully saturated rings. The number of H-pyrrole nitrogens is 2. The zero-order chi connectivity index (χ0) is 24.1. The first kappa shape index (κ1) is 21.2. The minimum atomic E-state index is 0.586. The minimum absolute atomic E-state index is 0.586. The first-order valence-electron chi connectivity index (χ1n) is 12.9. The Kier molecular flexibility index (Phi) is 5.01. The number of nitrogens with one attached hydrogen (secondary N) is 3. The smallest absolute Gasteiger partial charge is 0.135 e. The van der Waals surface area contributed by atoms with Gasteiger partial charge in [0.1, 0.15) is 11.2 Å². The first-order chi connectivity index (χ1) is 17.7. The van der Waals surface area contributed by atoms with Crippen LogP contribution in [0.4, 0.5) is 11.4 Å². The predicted octanol–water partition coefficient (Wildman–Crippen LogP) is 6.49. The second-order valence-corrected chi connectivity index (χ2v) is 10.0. The SMILES string of the molecule is C=C(Nc1cncc(-c2ccc3[nH]nc(-c4cc5c(N6CCCCC6)cccc5[nH]4)c3n2)c1)C1CC1. The molecule has 5 heterocycles. The summed E-state index contributed by atoms with van der Waals surface area (Å²) < 4.78 is 0. The summed E-state index contributed by atoms with van der Waals surface area (Å²) >= 11 is 0. The lowest BCUT2D eigenvalue weighted by molar-refractivity contribution is 0.579. The molecule has 1 aliphatic heterocycles. The zero-order valence-electron chi connectivity index (χ0n) is 20.2. The lowest BCUT2D eigenvalue weighted by Gasteiger charge is -2.29. The van der Waals surface area contributed by atoms with Gasteiger partial charge in [-0.1, -0.05) is 12.6 Å². The maximum atomic E-state index is 5.02. The lowest BCUT2D eigenvalue weighted by Crippen LogP contribution is -2.29. The van der Waals surface area contributed by atoms with Gasteiger partial charge in [0.2, 0.25) is 0 Å². The summed E-state index contributed by atoms with van der Waals surface area (Å²) in [6.45, 7) is 6.41. The fourth-order valence-electron chi connectivity index (χ4n) is 5.29. The average Bonchev–Trinajstić information content (AvgIpc) is 3.55. The van der Waals surface area contributed by atoms with Crippen molar-refractivity contribution in [3.05, 3.63) is 67.1 Å². The van der Waals surface area contributed by atoms with Crippen LogP contribution in [0.5, 0.6) is 0 Å². The number of pyridine rings is 2. The molecule has 4 aromatic heterocycles. The molecule has 180 valence electrons. The summed E-state index contributed by atoms with van der Waals surface area (Å²) in [5.41, 5.74) is 9.82. The second-order valence-electron chi connectivity index (χ2n) is 10.0. The van der Waals surface area contributed by atoms with Gasteiger partial charge in [-0.25, -0.2) is 4.98 Å². The highest BCUT2D eigenvalue weighted by Crippen LogP contribution is 2.37. The predicted molar refractivity (Wildman–Crippen MR) is 146 cm³/mol. The van der Waals surface area contributed by atoms with Crippen LogP contribution in [-0.4, -0.2) is 38.2 Å². The summed E-state index contributed by atoms with van der Waals surface area (Å²) in [4.78, 5) is 15.6. The second kappa shape index (κ2) is 8.52. The molecule has 0 amide bonds. The average molecular weight is 476 g/mol. The summed E-state index contributed by atoms with van der Waals surface area (Å²) in [5.74, 6) is 0.586. The van der Waals surface area contributed by atoms with E-state index in [2.05, 4.69) is 67.3 Å². The van der Waals surface area contributed by atoms with E-state index >= 15 is 0 Å². The van der Waals surface area contributed by atoms with Crippen molar-refractivity contribution in [3.8, 4) is 22.6 Å². The molecule has 0 radical (unpaired) electrons. The number of aromatic amines is 2. The van der Waals surface area contributed by atoms with Crippen molar-refractivity contribution in [2.75, 3.05) is 23.3 Å².